The largest absolute Gasteiger partial charge is 0.354 e. The predicted octanol–water partition coefficient (Wildman–Crippen LogP) is 4.20. The van der Waals surface area contributed by atoms with Crippen LogP contribution in [0.1, 0.15) is 18.1 Å². The molecule has 0 radical (unpaired) electrons. The van der Waals surface area contributed by atoms with E-state index in [0.29, 0.717) is 12.3 Å². The summed E-state index contributed by atoms with van der Waals surface area (Å²) in [4.78, 5) is 22.9. The SMILES string of the molecule is CCc1ccc2nc(N3CCN(CCNC(=O)CSc4ccc(C)cc4)CC3)sc2c1. The maximum atomic E-state index is 12.1. The lowest BCUT2D eigenvalue weighted by atomic mass is 10.2. The lowest BCUT2D eigenvalue weighted by Gasteiger charge is -2.34. The maximum absolute atomic E-state index is 12.1. The molecule has 1 aliphatic rings. The van der Waals surface area contributed by atoms with Crippen molar-refractivity contribution in [3.05, 3.63) is 53.6 Å². The Morgan fingerprint density at radius 2 is 1.90 bits per heavy atom. The molecule has 2 heterocycles. The smallest absolute Gasteiger partial charge is 0.230 e. The molecule has 0 unspecified atom stereocenters. The van der Waals surface area contributed by atoms with Gasteiger partial charge in [-0.2, -0.15) is 0 Å². The standard InChI is InChI=1S/C24H30N4OS2/c1-3-19-6-9-21-22(16-19)31-24(26-21)28-14-12-27(13-15-28)11-10-25-23(29)17-30-20-7-4-18(2)5-8-20/h4-9,16H,3,10-15,17H2,1-2H3,(H,25,29). The van der Waals surface area contributed by atoms with Gasteiger partial charge in [-0.15, -0.1) is 11.8 Å². The molecule has 1 N–H and O–H groups in total. The zero-order chi connectivity index (χ0) is 21.6. The molecule has 3 aromatic rings. The third-order valence-electron chi connectivity index (χ3n) is 5.63. The fourth-order valence-electron chi connectivity index (χ4n) is 3.66. The highest BCUT2D eigenvalue weighted by Crippen LogP contribution is 2.30. The summed E-state index contributed by atoms with van der Waals surface area (Å²) in [7, 11) is 0. The topological polar surface area (TPSA) is 48.5 Å². The van der Waals surface area contributed by atoms with Gasteiger partial charge in [0.15, 0.2) is 5.13 Å². The van der Waals surface area contributed by atoms with Gasteiger partial charge in [-0.3, -0.25) is 9.69 Å². The average Bonchev–Trinajstić information content (AvgIpc) is 3.22. The molecule has 0 atom stereocenters. The van der Waals surface area contributed by atoms with Crippen LogP contribution in [0.2, 0.25) is 0 Å². The van der Waals surface area contributed by atoms with Gasteiger partial charge in [0.25, 0.3) is 0 Å². The van der Waals surface area contributed by atoms with Crippen molar-refractivity contribution in [2.75, 3.05) is 49.9 Å². The van der Waals surface area contributed by atoms with Crippen molar-refractivity contribution in [1.82, 2.24) is 15.2 Å². The van der Waals surface area contributed by atoms with E-state index in [0.717, 1.165) is 54.7 Å². The third-order valence-corrected chi connectivity index (χ3v) is 7.72. The molecule has 1 aromatic heterocycles. The number of aryl methyl sites for hydroxylation is 2. The second kappa shape index (κ2) is 10.5. The first-order valence-corrected chi connectivity index (χ1v) is 12.7. The number of thioether (sulfide) groups is 1. The number of aromatic nitrogens is 1. The molecule has 7 heteroatoms. The molecule has 0 bridgehead atoms. The van der Waals surface area contributed by atoms with Crippen molar-refractivity contribution < 1.29 is 4.79 Å². The quantitative estimate of drug-likeness (QED) is 0.517. The van der Waals surface area contributed by atoms with Gasteiger partial charge in [-0.05, 0) is 43.2 Å². The second-order valence-corrected chi connectivity index (χ2v) is 9.99. The minimum absolute atomic E-state index is 0.102. The summed E-state index contributed by atoms with van der Waals surface area (Å²) in [5, 5.41) is 4.19. The fourth-order valence-corrected chi connectivity index (χ4v) is 5.47. The minimum Gasteiger partial charge on any atom is -0.354 e. The molecule has 5 nitrogen and oxygen atoms in total. The average molecular weight is 455 g/mol. The summed E-state index contributed by atoms with van der Waals surface area (Å²) in [6.45, 7) is 9.84. The molecule has 1 aliphatic heterocycles. The van der Waals surface area contributed by atoms with Crippen LogP contribution in [-0.4, -0.2) is 60.8 Å². The van der Waals surface area contributed by atoms with E-state index in [1.165, 1.54) is 15.8 Å². The molecule has 164 valence electrons. The van der Waals surface area contributed by atoms with E-state index in [2.05, 4.69) is 71.4 Å². The first-order chi connectivity index (χ1) is 15.1. The number of hydrogen-bond acceptors (Lipinski definition) is 6. The summed E-state index contributed by atoms with van der Waals surface area (Å²) in [6.07, 6.45) is 1.06. The van der Waals surface area contributed by atoms with Crippen LogP contribution < -0.4 is 10.2 Å². The zero-order valence-electron chi connectivity index (χ0n) is 18.3. The Balaban J connectivity index is 1.17. The Hall–Kier alpha value is -2.09. The third kappa shape index (κ3) is 5.99. The van der Waals surface area contributed by atoms with Crippen molar-refractivity contribution in [3.63, 3.8) is 0 Å². The second-order valence-electron chi connectivity index (χ2n) is 7.93. The number of anilines is 1. The minimum atomic E-state index is 0.102. The molecule has 2 aromatic carbocycles. The van der Waals surface area contributed by atoms with Gasteiger partial charge >= 0.3 is 0 Å². The first-order valence-electron chi connectivity index (χ1n) is 10.9. The number of piperazine rings is 1. The Morgan fingerprint density at radius 3 is 2.65 bits per heavy atom. The highest BCUT2D eigenvalue weighted by Gasteiger charge is 2.19. The molecular weight excluding hydrogens is 424 g/mol. The number of benzene rings is 2. The van der Waals surface area contributed by atoms with Crippen molar-refractivity contribution in [2.45, 2.75) is 25.2 Å². The van der Waals surface area contributed by atoms with Gasteiger partial charge in [-0.1, -0.05) is 42.0 Å². The van der Waals surface area contributed by atoms with E-state index < -0.39 is 0 Å². The summed E-state index contributed by atoms with van der Waals surface area (Å²) in [5.41, 5.74) is 3.71. The number of thiazole rings is 1. The van der Waals surface area contributed by atoms with Gasteiger partial charge < -0.3 is 10.2 Å². The van der Waals surface area contributed by atoms with Crippen molar-refractivity contribution in [1.29, 1.82) is 0 Å². The fraction of sp³-hybridized carbons (Fsp3) is 0.417. The van der Waals surface area contributed by atoms with Gasteiger partial charge in [0.1, 0.15) is 0 Å². The number of nitrogens with zero attached hydrogens (tertiary/aromatic N) is 3. The van der Waals surface area contributed by atoms with Crippen molar-refractivity contribution in [3.8, 4) is 0 Å². The van der Waals surface area contributed by atoms with Crippen LogP contribution in [0.15, 0.2) is 47.4 Å². The Labute approximate surface area is 192 Å². The normalized spacial score (nSPS) is 14.8. The molecule has 1 amide bonds. The molecule has 31 heavy (non-hydrogen) atoms. The van der Waals surface area contributed by atoms with Gasteiger partial charge in [-0.25, -0.2) is 4.98 Å². The molecule has 1 saturated heterocycles. The van der Waals surface area contributed by atoms with E-state index in [1.54, 1.807) is 23.1 Å². The number of nitrogens with one attached hydrogen (secondary N) is 1. The summed E-state index contributed by atoms with van der Waals surface area (Å²) >= 11 is 3.38. The van der Waals surface area contributed by atoms with Gasteiger partial charge in [0, 0.05) is 44.2 Å². The Kier molecular flexibility index (Phi) is 7.48. The van der Waals surface area contributed by atoms with E-state index in [4.69, 9.17) is 4.98 Å². The van der Waals surface area contributed by atoms with Crippen molar-refractivity contribution >= 4 is 44.4 Å². The highest BCUT2D eigenvalue weighted by atomic mass is 32.2. The number of amides is 1. The summed E-state index contributed by atoms with van der Waals surface area (Å²) in [6, 6.07) is 14.9. The zero-order valence-corrected chi connectivity index (χ0v) is 19.9. The lowest BCUT2D eigenvalue weighted by molar-refractivity contribution is -0.118. The molecule has 1 fully saturated rings. The monoisotopic (exact) mass is 454 g/mol. The van der Waals surface area contributed by atoms with Crippen molar-refractivity contribution in [2.24, 2.45) is 0 Å². The van der Waals surface area contributed by atoms with E-state index in [1.807, 2.05) is 0 Å². The summed E-state index contributed by atoms with van der Waals surface area (Å²) in [5.74, 6) is 0.568. The van der Waals surface area contributed by atoms with Crippen LogP contribution in [0, 0.1) is 6.92 Å². The van der Waals surface area contributed by atoms with Gasteiger partial charge in [0.05, 0.1) is 16.0 Å². The summed E-state index contributed by atoms with van der Waals surface area (Å²) < 4.78 is 1.28. The number of hydrogen-bond donors (Lipinski definition) is 1. The lowest BCUT2D eigenvalue weighted by Crippen LogP contribution is -2.48. The van der Waals surface area contributed by atoms with Crippen LogP contribution >= 0.6 is 23.1 Å². The van der Waals surface area contributed by atoms with Crippen LogP contribution in [-0.2, 0) is 11.2 Å². The molecule has 0 spiro atoms. The highest BCUT2D eigenvalue weighted by molar-refractivity contribution is 8.00. The Bertz CT molecular complexity index is 1010. The first kappa shape index (κ1) is 22.1. The maximum Gasteiger partial charge on any atom is 0.230 e. The number of rotatable bonds is 8. The molecular formula is C24H30N4OS2. The number of carbonyl (C=O) groups is 1. The van der Waals surface area contributed by atoms with Crippen LogP contribution in [0.5, 0.6) is 0 Å². The van der Waals surface area contributed by atoms with Crippen LogP contribution in [0.25, 0.3) is 10.2 Å². The van der Waals surface area contributed by atoms with Gasteiger partial charge in [0.2, 0.25) is 5.91 Å². The van der Waals surface area contributed by atoms with E-state index in [-0.39, 0.29) is 5.91 Å². The molecule has 0 aliphatic carbocycles. The van der Waals surface area contributed by atoms with Crippen LogP contribution in [0.3, 0.4) is 0 Å². The van der Waals surface area contributed by atoms with Crippen LogP contribution in [0.4, 0.5) is 5.13 Å². The number of fused-ring (bicyclic) bond motifs is 1. The Morgan fingerprint density at radius 1 is 1.13 bits per heavy atom. The molecule has 0 saturated carbocycles. The van der Waals surface area contributed by atoms with E-state index >= 15 is 0 Å². The van der Waals surface area contributed by atoms with E-state index in [9.17, 15) is 4.79 Å². The predicted molar refractivity (Wildman–Crippen MR) is 133 cm³/mol. The molecule has 4 rings (SSSR count). The number of carbonyl (C=O) groups excluding carboxylic acids is 1.